The molecular formula is C96H82N6O12. The van der Waals surface area contributed by atoms with Crippen molar-refractivity contribution in [1.29, 1.82) is 0 Å². The highest BCUT2D eigenvalue weighted by Crippen LogP contribution is 2.58. The van der Waals surface area contributed by atoms with Crippen LogP contribution in [-0.4, -0.2) is 95.3 Å². The van der Waals surface area contributed by atoms with Gasteiger partial charge in [-0.15, -0.1) is 0 Å². The third-order valence-electron chi connectivity index (χ3n) is 20.5. The molecule has 0 saturated heterocycles. The molecule has 2 aliphatic heterocycles. The maximum atomic E-state index is 16.5. The largest absolute Gasteiger partial charge is 0.457 e. The number of fused-ring (bicyclic) bond motifs is 2. The number of rotatable bonds is 28. The minimum Gasteiger partial charge on any atom is -0.457 e. The lowest BCUT2D eigenvalue weighted by Crippen LogP contribution is -2.55. The summed E-state index contributed by atoms with van der Waals surface area (Å²) in [5.74, 6) is -4.55. The SMILES string of the molecule is C=C(C)C(=O)NCCNC(=O)C(CC(C)C)N1C(=O)c2cc(Oc3ccc(-c4ccccc4)cc3)c3c4c(Oc5ccc(-c6ccccc6)cc5)cc5c6c(cc(Oc7ccc(-c8ccccc8)cc7)c(c7c(Oc8ccc(-c9ccccc9)cc8)cc(c2c37)C1=O)c64)C(=O)N(C(CC(C)C)C(=O)NCCNC(=O)C(=C)C)C5=O. The van der Waals surface area contributed by atoms with Gasteiger partial charge in [0.2, 0.25) is 23.6 Å². The Hall–Kier alpha value is -14.0. The Bertz CT molecular complexity index is 5310. The van der Waals surface area contributed by atoms with Crippen molar-refractivity contribution in [3.8, 4) is 90.5 Å². The van der Waals surface area contributed by atoms with Crippen molar-refractivity contribution in [1.82, 2.24) is 31.1 Å². The predicted octanol–water partition coefficient (Wildman–Crippen LogP) is 19.2. The van der Waals surface area contributed by atoms with Crippen LogP contribution in [0.2, 0.25) is 0 Å². The first-order chi connectivity index (χ1) is 55.2. The van der Waals surface area contributed by atoms with Crippen LogP contribution in [-0.2, 0) is 19.2 Å². The Balaban J connectivity index is 1.06. The summed E-state index contributed by atoms with van der Waals surface area (Å²) in [6.45, 7) is 18.1. The van der Waals surface area contributed by atoms with Crippen molar-refractivity contribution < 1.29 is 57.3 Å². The Morgan fingerprint density at radius 2 is 0.526 bits per heavy atom. The molecule has 4 N–H and O–H groups in total. The average molecular weight is 1510 g/mol. The summed E-state index contributed by atoms with van der Waals surface area (Å²) in [5.41, 5.74) is 7.63. The first-order valence-electron chi connectivity index (χ1n) is 38.1. The van der Waals surface area contributed by atoms with Crippen LogP contribution in [0.3, 0.4) is 0 Å². The summed E-state index contributed by atoms with van der Waals surface area (Å²) >= 11 is 0. The van der Waals surface area contributed by atoms with Crippen LogP contribution in [0.1, 0.15) is 95.8 Å². The van der Waals surface area contributed by atoms with Crippen molar-refractivity contribution in [2.24, 2.45) is 11.8 Å². The maximum Gasteiger partial charge on any atom is 0.262 e. The number of imide groups is 2. The fourth-order valence-corrected chi connectivity index (χ4v) is 15.1. The molecule has 0 radical (unpaired) electrons. The minimum atomic E-state index is -1.41. The molecule has 2 unspecified atom stereocenters. The van der Waals surface area contributed by atoms with E-state index in [4.69, 9.17) is 18.9 Å². The number of hydrogen-bond acceptors (Lipinski definition) is 12. The summed E-state index contributed by atoms with van der Waals surface area (Å²) in [6.07, 6.45) is 0.0509. The second kappa shape index (κ2) is 32.1. The van der Waals surface area contributed by atoms with Gasteiger partial charge in [-0.25, -0.2) is 0 Å². The van der Waals surface area contributed by atoms with E-state index in [2.05, 4.69) is 34.4 Å². The van der Waals surface area contributed by atoms with Crippen LogP contribution < -0.4 is 40.2 Å². The van der Waals surface area contributed by atoms with E-state index in [-0.39, 0.29) is 150 Å². The van der Waals surface area contributed by atoms with Gasteiger partial charge in [-0.1, -0.05) is 211 Å². The molecule has 0 spiro atoms. The zero-order valence-electron chi connectivity index (χ0n) is 63.9. The van der Waals surface area contributed by atoms with Gasteiger partial charge in [0.15, 0.2) is 0 Å². The van der Waals surface area contributed by atoms with E-state index >= 15 is 28.8 Å². The lowest BCUT2D eigenvalue weighted by atomic mass is 9.80. The number of carbonyl (C=O) groups is 8. The molecule has 13 aromatic rings. The number of nitrogens with zero attached hydrogens (tertiary/aromatic N) is 2. The van der Waals surface area contributed by atoms with Crippen molar-refractivity contribution in [3.63, 3.8) is 0 Å². The summed E-state index contributed by atoms with van der Waals surface area (Å²) < 4.78 is 29.5. The molecule has 0 bridgehead atoms. The Morgan fingerprint density at radius 1 is 0.307 bits per heavy atom. The normalized spacial score (nSPS) is 13.0. The standard InChI is InChI=1S/C96H82N6O12/c1-55(2)49-75(91(105)99-47-45-97-89(103)57(5)6)101-93(107)71-51-77(111-67-37-29-63(30-38-67)59-21-13-9-14-22-59)83-85-79(113-69-41-33-65(34-42-69)61-25-17-11-18-26-61)53-73-82-74(96(110)102(95(73)109)76(50-56(3)4)92(106)100-48-46-98-90(104)58(7)8)54-80(114-70-43-35-66(36-44-70)62-27-19-12-20-28-62)86(88(82)85)84-78(52-72(94(101)108)81(71)87(83)84)112-68-39-31-64(32-40-68)60-23-15-10-16-24-60/h9-44,51-56,75-76H,5,7,45-50H2,1-4,6,8H3,(H,97,103)(H,98,104)(H,99,105)(H,100,106). The molecule has 0 aromatic heterocycles. The fourth-order valence-electron chi connectivity index (χ4n) is 15.1. The second-order valence-corrected chi connectivity index (χ2v) is 29.6. The van der Waals surface area contributed by atoms with Crippen molar-refractivity contribution >= 4 is 90.3 Å². The van der Waals surface area contributed by atoms with Gasteiger partial charge in [-0.05, 0) is 156 Å². The summed E-state index contributed by atoms with van der Waals surface area (Å²) in [5, 5.41) is 13.0. The maximum absolute atomic E-state index is 16.5. The molecule has 114 heavy (non-hydrogen) atoms. The van der Waals surface area contributed by atoms with Gasteiger partial charge in [0.1, 0.15) is 58.1 Å². The predicted molar refractivity (Wildman–Crippen MR) is 445 cm³/mol. The lowest BCUT2D eigenvalue weighted by Gasteiger charge is -2.36. The summed E-state index contributed by atoms with van der Waals surface area (Å²) in [4.78, 5) is 124. The number of carbonyl (C=O) groups excluding carboxylic acids is 8. The molecule has 15 rings (SSSR count). The Morgan fingerprint density at radius 3 is 0.746 bits per heavy atom. The Kier molecular flexibility index (Phi) is 21.3. The molecule has 0 aliphatic carbocycles. The molecule has 18 nitrogen and oxygen atoms in total. The highest BCUT2D eigenvalue weighted by Gasteiger charge is 2.47. The molecular weight excluding hydrogens is 1430 g/mol. The van der Waals surface area contributed by atoms with Crippen LogP contribution in [0, 0.1) is 11.8 Å². The third kappa shape index (κ3) is 15.0. The van der Waals surface area contributed by atoms with Crippen LogP contribution in [0.4, 0.5) is 0 Å². The van der Waals surface area contributed by atoms with Gasteiger partial charge in [0.25, 0.3) is 23.6 Å². The molecule has 2 aliphatic rings. The lowest BCUT2D eigenvalue weighted by molar-refractivity contribution is -0.126. The first-order valence-corrected chi connectivity index (χ1v) is 38.1. The van der Waals surface area contributed by atoms with Crippen molar-refractivity contribution in [3.05, 3.63) is 289 Å². The molecule has 8 amide bonds. The van der Waals surface area contributed by atoms with E-state index in [0.29, 0.717) is 23.0 Å². The zero-order chi connectivity index (χ0) is 79.6. The fraction of sp³-hybridized carbons (Fsp3) is 0.167. The van der Waals surface area contributed by atoms with Gasteiger partial charge in [0, 0.05) is 80.4 Å². The summed E-state index contributed by atoms with van der Waals surface area (Å²) in [6, 6.07) is 72.4. The van der Waals surface area contributed by atoms with E-state index in [1.54, 1.807) is 86.6 Å². The summed E-state index contributed by atoms with van der Waals surface area (Å²) in [7, 11) is 0. The molecule has 0 saturated carbocycles. The van der Waals surface area contributed by atoms with Crippen molar-refractivity contribution in [2.45, 2.75) is 66.5 Å². The highest BCUT2D eigenvalue weighted by atomic mass is 16.5. The molecule has 13 aromatic carbocycles. The molecule has 18 heteroatoms. The quantitative estimate of drug-likeness (QED) is 0.0118. The molecule has 0 fully saturated rings. The average Bonchev–Trinajstić information content (AvgIpc) is 0.670. The highest BCUT2D eigenvalue weighted by molar-refractivity contribution is 6.45. The zero-order valence-corrected chi connectivity index (χ0v) is 63.9. The van der Waals surface area contributed by atoms with E-state index in [0.717, 1.165) is 54.3 Å². The van der Waals surface area contributed by atoms with Crippen LogP contribution in [0.25, 0.3) is 87.6 Å². The smallest absolute Gasteiger partial charge is 0.262 e. The monoisotopic (exact) mass is 1510 g/mol. The number of benzene rings is 13. The molecule has 2 atom stereocenters. The van der Waals surface area contributed by atoms with E-state index in [9.17, 15) is 9.59 Å². The third-order valence-corrected chi connectivity index (χ3v) is 20.5. The van der Waals surface area contributed by atoms with Gasteiger partial charge in [-0.3, -0.25) is 48.2 Å². The molecule has 2 heterocycles. The van der Waals surface area contributed by atoms with Crippen LogP contribution in [0.5, 0.6) is 46.0 Å². The van der Waals surface area contributed by atoms with Gasteiger partial charge < -0.3 is 40.2 Å². The van der Waals surface area contributed by atoms with Gasteiger partial charge >= 0.3 is 0 Å². The van der Waals surface area contributed by atoms with Crippen molar-refractivity contribution in [2.75, 3.05) is 26.2 Å². The van der Waals surface area contributed by atoms with Crippen LogP contribution >= 0.6 is 0 Å². The van der Waals surface area contributed by atoms with Crippen LogP contribution in [0.15, 0.2) is 267 Å². The van der Waals surface area contributed by atoms with Gasteiger partial charge in [0.05, 0.1) is 22.3 Å². The number of nitrogens with one attached hydrogen (secondary N) is 4. The van der Waals surface area contributed by atoms with Gasteiger partial charge in [-0.2, -0.15) is 0 Å². The number of hydrogen-bond donors (Lipinski definition) is 4. The van der Waals surface area contributed by atoms with E-state index in [1.807, 2.05) is 198 Å². The number of ether oxygens (including phenoxy) is 4. The second-order valence-electron chi connectivity index (χ2n) is 29.6. The first kappa shape index (κ1) is 75.4. The van der Waals surface area contributed by atoms with E-state index in [1.165, 1.54) is 0 Å². The number of amides is 8. The molecule has 568 valence electrons. The topological polar surface area (TPSA) is 228 Å². The Labute approximate surface area is 659 Å². The minimum absolute atomic E-state index is 0.0180. The van der Waals surface area contributed by atoms with E-state index < -0.39 is 59.3 Å².